The molecule has 2 amide bonds. The summed E-state index contributed by atoms with van der Waals surface area (Å²) in [4.78, 5) is 24.0. The van der Waals surface area contributed by atoms with Crippen molar-refractivity contribution in [3.63, 3.8) is 0 Å². The van der Waals surface area contributed by atoms with Crippen LogP contribution in [0.2, 0.25) is 0 Å². The molecule has 14 heavy (non-hydrogen) atoms. The molecule has 3 nitrogen and oxygen atoms in total. The number of nitrogens with zero attached hydrogens (tertiary/aromatic N) is 1. The highest BCUT2D eigenvalue weighted by molar-refractivity contribution is 9.12. The van der Waals surface area contributed by atoms with Gasteiger partial charge in [-0.1, -0.05) is 18.2 Å². The van der Waals surface area contributed by atoms with E-state index in [9.17, 15) is 9.59 Å². The molecule has 0 bridgehead atoms. The molecule has 0 unspecified atom stereocenters. The van der Waals surface area contributed by atoms with Crippen LogP contribution in [0.3, 0.4) is 0 Å². The SMILES string of the molecule is O=C1C=C(Br)C(=O)N1c1ccccc1. The summed E-state index contributed by atoms with van der Waals surface area (Å²) in [6, 6.07) is 8.83. The maximum absolute atomic E-state index is 11.5. The third-order valence-electron chi connectivity index (χ3n) is 1.89. The van der Waals surface area contributed by atoms with Crippen molar-refractivity contribution in [1.82, 2.24) is 0 Å². The van der Waals surface area contributed by atoms with Crippen LogP contribution in [0.15, 0.2) is 40.9 Å². The Hall–Kier alpha value is -1.42. The number of amides is 2. The maximum Gasteiger partial charge on any atom is 0.272 e. The average molecular weight is 252 g/mol. The minimum atomic E-state index is -0.318. The zero-order chi connectivity index (χ0) is 10.1. The Labute approximate surface area is 89.1 Å². The maximum atomic E-state index is 11.5. The summed E-state index contributed by atoms with van der Waals surface area (Å²) < 4.78 is 0.298. The number of hydrogen-bond acceptors (Lipinski definition) is 2. The normalized spacial score (nSPS) is 16.1. The van der Waals surface area contributed by atoms with Crippen molar-refractivity contribution < 1.29 is 9.59 Å². The number of rotatable bonds is 1. The summed E-state index contributed by atoms with van der Waals surface area (Å²) in [6.07, 6.45) is 1.27. The summed E-state index contributed by atoms with van der Waals surface area (Å²) in [5.41, 5.74) is 0.591. The van der Waals surface area contributed by atoms with E-state index in [2.05, 4.69) is 15.9 Å². The van der Waals surface area contributed by atoms with Crippen molar-refractivity contribution in [2.24, 2.45) is 0 Å². The fraction of sp³-hybridized carbons (Fsp3) is 0. The summed E-state index contributed by atoms with van der Waals surface area (Å²) in [5, 5.41) is 0. The molecule has 0 atom stereocenters. The molecule has 0 radical (unpaired) electrons. The van der Waals surface area contributed by atoms with Crippen LogP contribution in [0, 0.1) is 0 Å². The summed E-state index contributed by atoms with van der Waals surface area (Å²) >= 11 is 3.03. The predicted octanol–water partition coefficient (Wildman–Crippen LogP) is 1.84. The van der Waals surface area contributed by atoms with Gasteiger partial charge in [0.1, 0.15) is 0 Å². The summed E-state index contributed by atoms with van der Waals surface area (Å²) in [5.74, 6) is -0.630. The van der Waals surface area contributed by atoms with Crippen LogP contribution in [0.25, 0.3) is 0 Å². The minimum Gasteiger partial charge on any atom is -0.269 e. The van der Waals surface area contributed by atoms with Gasteiger partial charge in [0, 0.05) is 6.08 Å². The molecule has 2 rings (SSSR count). The van der Waals surface area contributed by atoms with Crippen LogP contribution < -0.4 is 4.90 Å². The van der Waals surface area contributed by atoms with Crippen LogP contribution in [0.1, 0.15) is 0 Å². The molecule has 1 aliphatic heterocycles. The van der Waals surface area contributed by atoms with Crippen LogP contribution in [0.4, 0.5) is 5.69 Å². The number of hydrogen-bond donors (Lipinski definition) is 0. The number of benzene rings is 1. The van der Waals surface area contributed by atoms with Gasteiger partial charge < -0.3 is 0 Å². The highest BCUT2D eigenvalue weighted by atomic mass is 79.9. The third kappa shape index (κ3) is 1.37. The molecule has 0 N–H and O–H groups in total. The van der Waals surface area contributed by atoms with E-state index in [1.165, 1.54) is 6.08 Å². The van der Waals surface area contributed by atoms with Gasteiger partial charge in [-0.15, -0.1) is 0 Å². The first-order chi connectivity index (χ1) is 6.70. The van der Waals surface area contributed by atoms with Gasteiger partial charge >= 0.3 is 0 Å². The second-order valence-electron chi connectivity index (χ2n) is 2.81. The van der Waals surface area contributed by atoms with Crippen molar-refractivity contribution in [2.75, 3.05) is 4.90 Å². The molecule has 0 saturated carbocycles. The van der Waals surface area contributed by atoms with Crippen LogP contribution in [-0.2, 0) is 9.59 Å². The monoisotopic (exact) mass is 251 g/mol. The molecule has 1 heterocycles. The van der Waals surface area contributed by atoms with E-state index < -0.39 is 0 Å². The van der Waals surface area contributed by atoms with Gasteiger partial charge in [0.25, 0.3) is 11.8 Å². The first kappa shape index (κ1) is 9.15. The average Bonchev–Trinajstić information content (AvgIpc) is 2.43. The Morgan fingerprint density at radius 3 is 2.21 bits per heavy atom. The summed E-state index contributed by atoms with van der Waals surface area (Å²) in [7, 11) is 0. The number of carbonyl (C=O) groups excluding carboxylic acids is 2. The van der Waals surface area contributed by atoms with E-state index in [0.29, 0.717) is 10.2 Å². The zero-order valence-electron chi connectivity index (χ0n) is 7.11. The van der Waals surface area contributed by atoms with Gasteiger partial charge in [-0.3, -0.25) is 9.59 Å². The second-order valence-corrected chi connectivity index (χ2v) is 3.66. The minimum absolute atomic E-state index is 0.298. The van der Waals surface area contributed by atoms with Crippen molar-refractivity contribution in [2.45, 2.75) is 0 Å². The number of anilines is 1. The fourth-order valence-electron chi connectivity index (χ4n) is 1.26. The smallest absolute Gasteiger partial charge is 0.269 e. The molecule has 0 saturated heterocycles. The lowest BCUT2D eigenvalue weighted by Gasteiger charge is -2.13. The molecule has 70 valence electrons. The predicted molar refractivity (Wildman–Crippen MR) is 55.9 cm³/mol. The van der Waals surface area contributed by atoms with E-state index in [1.54, 1.807) is 24.3 Å². The van der Waals surface area contributed by atoms with Gasteiger partial charge in [0.2, 0.25) is 0 Å². The molecule has 0 spiro atoms. The van der Waals surface area contributed by atoms with Gasteiger partial charge in [0.15, 0.2) is 0 Å². The van der Waals surface area contributed by atoms with Gasteiger partial charge in [-0.2, -0.15) is 0 Å². The molecular formula is C10H6BrNO2. The standard InChI is InChI=1S/C10H6BrNO2/c11-8-6-9(13)12(10(8)14)7-4-2-1-3-5-7/h1-6H. The van der Waals surface area contributed by atoms with E-state index in [1.807, 2.05) is 6.07 Å². The first-order valence-corrected chi connectivity index (χ1v) is 4.80. The topological polar surface area (TPSA) is 37.4 Å². The molecule has 1 aromatic carbocycles. The number of halogens is 1. The fourth-order valence-corrected chi connectivity index (χ4v) is 1.64. The van der Waals surface area contributed by atoms with Gasteiger partial charge in [0.05, 0.1) is 10.2 Å². The van der Waals surface area contributed by atoms with Gasteiger partial charge in [-0.05, 0) is 28.1 Å². The Morgan fingerprint density at radius 2 is 1.71 bits per heavy atom. The Bertz CT molecular complexity index is 425. The van der Waals surface area contributed by atoms with E-state index >= 15 is 0 Å². The number of imide groups is 1. The zero-order valence-corrected chi connectivity index (χ0v) is 8.69. The lowest BCUT2D eigenvalue weighted by Crippen LogP contribution is -2.30. The van der Waals surface area contributed by atoms with Crippen LogP contribution >= 0.6 is 15.9 Å². The van der Waals surface area contributed by atoms with E-state index in [0.717, 1.165) is 4.90 Å². The van der Waals surface area contributed by atoms with Crippen LogP contribution in [-0.4, -0.2) is 11.8 Å². The van der Waals surface area contributed by atoms with Crippen molar-refractivity contribution >= 4 is 33.4 Å². The number of para-hydroxylation sites is 1. The molecule has 1 aromatic rings. The van der Waals surface area contributed by atoms with Crippen LogP contribution in [0.5, 0.6) is 0 Å². The van der Waals surface area contributed by atoms with E-state index in [4.69, 9.17) is 0 Å². The lowest BCUT2D eigenvalue weighted by atomic mass is 10.3. The summed E-state index contributed by atoms with van der Waals surface area (Å²) in [6.45, 7) is 0. The Kier molecular flexibility index (Phi) is 2.21. The highest BCUT2D eigenvalue weighted by Gasteiger charge is 2.30. The first-order valence-electron chi connectivity index (χ1n) is 4.01. The highest BCUT2D eigenvalue weighted by Crippen LogP contribution is 2.24. The molecule has 1 aliphatic rings. The molecular weight excluding hydrogens is 246 g/mol. The molecule has 0 aromatic heterocycles. The quantitative estimate of drug-likeness (QED) is 0.715. The number of carbonyl (C=O) groups is 2. The molecule has 0 fully saturated rings. The van der Waals surface area contributed by atoms with Crippen molar-refractivity contribution in [3.8, 4) is 0 Å². The van der Waals surface area contributed by atoms with Crippen molar-refractivity contribution in [1.29, 1.82) is 0 Å². The van der Waals surface area contributed by atoms with Gasteiger partial charge in [-0.25, -0.2) is 4.90 Å². The molecule has 4 heteroatoms. The largest absolute Gasteiger partial charge is 0.272 e. The lowest BCUT2D eigenvalue weighted by molar-refractivity contribution is -0.120. The molecule has 0 aliphatic carbocycles. The Morgan fingerprint density at radius 1 is 1.07 bits per heavy atom. The van der Waals surface area contributed by atoms with Crippen molar-refractivity contribution in [3.05, 3.63) is 40.9 Å². The Balaban J connectivity index is 2.39. The third-order valence-corrected chi connectivity index (χ3v) is 2.46. The van der Waals surface area contributed by atoms with E-state index in [-0.39, 0.29) is 11.8 Å². The second kappa shape index (κ2) is 3.38.